The highest BCUT2D eigenvalue weighted by atomic mass is 35.5. The van der Waals surface area contributed by atoms with Gasteiger partial charge in [0.1, 0.15) is 11.6 Å². The summed E-state index contributed by atoms with van der Waals surface area (Å²) in [6, 6.07) is 10.1. The summed E-state index contributed by atoms with van der Waals surface area (Å²) in [6.07, 6.45) is 0. The molecule has 0 fully saturated rings. The number of anilines is 1. The Morgan fingerprint density at radius 2 is 1.94 bits per heavy atom. The molecule has 0 bridgehead atoms. The van der Waals surface area contributed by atoms with Gasteiger partial charge in [-0.2, -0.15) is 0 Å². The van der Waals surface area contributed by atoms with Gasteiger partial charge in [-0.05, 0) is 36.2 Å². The van der Waals surface area contributed by atoms with E-state index in [9.17, 15) is 14.0 Å². The number of thioether (sulfide) groups is 1. The monoisotopic (exact) mass is 495 g/mol. The lowest BCUT2D eigenvalue weighted by molar-refractivity contribution is -0.113. The van der Waals surface area contributed by atoms with E-state index in [0.29, 0.717) is 21.6 Å². The van der Waals surface area contributed by atoms with Crippen molar-refractivity contribution in [3.8, 4) is 0 Å². The van der Waals surface area contributed by atoms with Gasteiger partial charge in [0.25, 0.3) is 5.91 Å². The maximum absolute atomic E-state index is 13.7. The summed E-state index contributed by atoms with van der Waals surface area (Å²) in [5.41, 5.74) is 0.401. The first-order chi connectivity index (χ1) is 15.2. The van der Waals surface area contributed by atoms with Gasteiger partial charge in [0.05, 0.1) is 28.1 Å². The average Bonchev–Trinajstić information content (AvgIpc) is 3.20. The molecule has 0 aliphatic carbocycles. The molecule has 0 unspecified atom stereocenters. The number of amides is 2. The predicted octanol–water partition coefficient (Wildman–Crippen LogP) is 5.11. The lowest BCUT2D eigenvalue weighted by atomic mass is 10.0. The van der Waals surface area contributed by atoms with Gasteiger partial charge in [-0.25, -0.2) is 9.37 Å². The van der Waals surface area contributed by atoms with Gasteiger partial charge >= 0.3 is 0 Å². The minimum Gasteiger partial charge on any atom is -0.342 e. The van der Waals surface area contributed by atoms with Crippen molar-refractivity contribution in [2.24, 2.45) is 5.92 Å². The fourth-order valence-electron chi connectivity index (χ4n) is 2.78. The summed E-state index contributed by atoms with van der Waals surface area (Å²) < 4.78 is 13.7. The van der Waals surface area contributed by atoms with Crippen LogP contribution in [0.3, 0.4) is 0 Å². The molecular weight excluding hydrogens is 476 g/mol. The van der Waals surface area contributed by atoms with Crippen molar-refractivity contribution in [2.75, 3.05) is 11.1 Å². The molecule has 3 aromatic rings. The normalized spacial score (nSPS) is 11.9. The molecule has 168 valence electrons. The van der Waals surface area contributed by atoms with Crippen LogP contribution in [0, 0.1) is 11.7 Å². The summed E-state index contributed by atoms with van der Waals surface area (Å²) in [5.74, 6) is -0.860. The summed E-state index contributed by atoms with van der Waals surface area (Å²) in [5, 5.41) is 13.3. The molecule has 0 aliphatic heterocycles. The molecule has 0 saturated heterocycles. The molecule has 3 N–H and O–H groups in total. The Kier molecular flexibility index (Phi) is 8.11. The van der Waals surface area contributed by atoms with E-state index in [4.69, 9.17) is 23.2 Å². The third-order valence-electron chi connectivity index (χ3n) is 4.39. The topological polar surface area (TPSA) is 99.8 Å². The molecule has 2 aromatic carbocycles. The molecule has 2 amide bonds. The second kappa shape index (κ2) is 10.8. The van der Waals surface area contributed by atoms with Gasteiger partial charge in [0.2, 0.25) is 11.1 Å². The smallest absolute Gasteiger partial charge is 0.253 e. The second-order valence-corrected chi connectivity index (χ2v) is 8.93. The van der Waals surface area contributed by atoms with E-state index >= 15 is 0 Å². The standard InChI is InChI=1S/C21H20Cl2FN5O2S/c1-11(2)18(26-20(31)13-8-7-12(22)9-14(13)23)19-27-21(29-28-19)32-10-17(30)25-16-6-4-3-5-15(16)24/h3-9,11,18H,10H2,1-2H3,(H,25,30)(H,26,31)(H,27,28,29)/t18-/m0/s1. The van der Waals surface area contributed by atoms with Crippen LogP contribution in [0.1, 0.15) is 36.1 Å². The van der Waals surface area contributed by atoms with Crippen molar-refractivity contribution >= 4 is 52.5 Å². The summed E-state index contributed by atoms with van der Waals surface area (Å²) in [7, 11) is 0. The van der Waals surface area contributed by atoms with E-state index in [-0.39, 0.29) is 28.3 Å². The van der Waals surface area contributed by atoms with Gasteiger partial charge in [-0.3, -0.25) is 14.7 Å². The molecule has 7 nitrogen and oxygen atoms in total. The molecule has 0 saturated carbocycles. The maximum Gasteiger partial charge on any atom is 0.253 e. The van der Waals surface area contributed by atoms with E-state index in [0.717, 1.165) is 11.8 Å². The Balaban J connectivity index is 1.63. The second-order valence-electron chi connectivity index (χ2n) is 7.14. The number of halogens is 3. The number of carbonyl (C=O) groups excluding carboxylic acids is 2. The first kappa shape index (κ1) is 24.0. The summed E-state index contributed by atoms with van der Waals surface area (Å²) >= 11 is 13.1. The van der Waals surface area contributed by atoms with E-state index in [2.05, 4.69) is 25.8 Å². The highest BCUT2D eigenvalue weighted by Gasteiger charge is 2.24. The molecule has 1 atom stereocenters. The number of hydrogen-bond acceptors (Lipinski definition) is 5. The number of para-hydroxylation sites is 1. The number of benzene rings is 2. The fraction of sp³-hybridized carbons (Fsp3) is 0.238. The van der Waals surface area contributed by atoms with Crippen molar-refractivity contribution in [2.45, 2.75) is 25.0 Å². The largest absolute Gasteiger partial charge is 0.342 e. The molecule has 1 heterocycles. The summed E-state index contributed by atoms with van der Waals surface area (Å²) in [4.78, 5) is 29.2. The van der Waals surface area contributed by atoms with Gasteiger partial charge < -0.3 is 10.6 Å². The Labute approximate surface area is 198 Å². The van der Waals surface area contributed by atoms with Crippen LogP contribution >= 0.6 is 35.0 Å². The number of rotatable bonds is 8. The predicted molar refractivity (Wildman–Crippen MR) is 124 cm³/mol. The van der Waals surface area contributed by atoms with Crippen LogP contribution in [0.5, 0.6) is 0 Å². The minimum absolute atomic E-state index is 0.00921. The third-order valence-corrected chi connectivity index (χ3v) is 5.78. The van der Waals surface area contributed by atoms with Gasteiger partial charge in [0.15, 0.2) is 0 Å². The van der Waals surface area contributed by atoms with E-state index in [1.165, 1.54) is 18.2 Å². The molecule has 32 heavy (non-hydrogen) atoms. The Bertz CT molecular complexity index is 1130. The highest BCUT2D eigenvalue weighted by molar-refractivity contribution is 7.99. The lowest BCUT2D eigenvalue weighted by Gasteiger charge is -2.20. The lowest BCUT2D eigenvalue weighted by Crippen LogP contribution is -2.32. The van der Waals surface area contributed by atoms with Crippen LogP contribution < -0.4 is 10.6 Å². The molecule has 11 heteroatoms. The van der Waals surface area contributed by atoms with Gasteiger partial charge in [-0.15, -0.1) is 5.10 Å². The Morgan fingerprint density at radius 3 is 2.62 bits per heavy atom. The molecule has 0 radical (unpaired) electrons. The third kappa shape index (κ3) is 6.21. The first-order valence-electron chi connectivity index (χ1n) is 9.60. The number of hydrogen-bond donors (Lipinski definition) is 3. The van der Waals surface area contributed by atoms with Crippen molar-refractivity contribution in [1.82, 2.24) is 20.5 Å². The maximum atomic E-state index is 13.7. The Morgan fingerprint density at radius 1 is 1.19 bits per heavy atom. The minimum atomic E-state index is -0.512. The van der Waals surface area contributed by atoms with Crippen molar-refractivity contribution in [3.63, 3.8) is 0 Å². The number of carbonyl (C=O) groups is 2. The molecule has 0 aliphatic rings. The van der Waals surface area contributed by atoms with Crippen molar-refractivity contribution in [3.05, 3.63) is 69.7 Å². The van der Waals surface area contributed by atoms with Crippen LogP contribution in [0.4, 0.5) is 10.1 Å². The van der Waals surface area contributed by atoms with Crippen LogP contribution in [0.15, 0.2) is 47.6 Å². The zero-order chi connectivity index (χ0) is 23.3. The molecule has 0 spiro atoms. The van der Waals surface area contributed by atoms with E-state index in [1.807, 2.05) is 13.8 Å². The number of nitrogens with one attached hydrogen (secondary N) is 3. The summed E-state index contributed by atoms with van der Waals surface area (Å²) in [6.45, 7) is 3.84. The van der Waals surface area contributed by atoms with Crippen LogP contribution in [0.25, 0.3) is 0 Å². The van der Waals surface area contributed by atoms with Gasteiger partial charge in [0, 0.05) is 5.02 Å². The molecule has 3 rings (SSSR count). The molecule has 1 aromatic heterocycles. The van der Waals surface area contributed by atoms with Crippen molar-refractivity contribution in [1.29, 1.82) is 0 Å². The SMILES string of the molecule is CC(C)[C@H](NC(=O)c1ccc(Cl)cc1Cl)c1nc(SCC(=O)Nc2ccccc2F)n[nH]1. The van der Waals surface area contributed by atoms with E-state index < -0.39 is 17.8 Å². The highest BCUT2D eigenvalue weighted by Crippen LogP contribution is 2.25. The fourth-order valence-corrected chi connectivity index (χ4v) is 3.88. The number of nitrogens with zero attached hydrogens (tertiary/aromatic N) is 2. The van der Waals surface area contributed by atoms with Crippen LogP contribution in [-0.2, 0) is 4.79 Å². The first-order valence-corrected chi connectivity index (χ1v) is 11.3. The number of aromatic amines is 1. The zero-order valence-corrected chi connectivity index (χ0v) is 19.5. The number of H-pyrrole nitrogens is 1. The van der Waals surface area contributed by atoms with Gasteiger partial charge in [-0.1, -0.05) is 60.9 Å². The van der Waals surface area contributed by atoms with E-state index in [1.54, 1.807) is 24.3 Å². The molecular formula is C21H20Cl2FN5O2S. The Hall–Kier alpha value is -2.62. The quantitative estimate of drug-likeness (QED) is 0.377. The average molecular weight is 496 g/mol. The van der Waals surface area contributed by atoms with Crippen molar-refractivity contribution < 1.29 is 14.0 Å². The number of aromatic nitrogens is 3. The zero-order valence-electron chi connectivity index (χ0n) is 17.2. The van der Waals surface area contributed by atoms with Crippen LogP contribution in [0.2, 0.25) is 10.0 Å². The van der Waals surface area contributed by atoms with Crippen LogP contribution in [-0.4, -0.2) is 32.7 Å².